The Morgan fingerprint density at radius 2 is 1.25 bits per heavy atom. The van der Waals surface area contributed by atoms with E-state index in [4.69, 9.17) is 19.4 Å². The van der Waals surface area contributed by atoms with Gasteiger partial charge in [0.2, 0.25) is 11.4 Å². The van der Waals surface area contributed by atoms with E-state index in [1.54, 1.807) is 7.11 Å². The molecule has 55 heavy (non-hydrogen) atoms. The van der Waals surface area contributed by atoms with Gasteiger partial charge < -0.3 is 14.8 Å². The van der Waals surface area contributed by atoms with Crippen LogP contribution in [0.4, 0.5) is 5.82 Å². The molecule has 0 radical (unpaired) electrons. The minimum absolute atomic E-state index is 0.0486. The summed E-state index contributed by atoms with van der Waals surface area (Å²) in [5.74, 6) is 2.86. The van der Waals surface area contributed by atoms with Gasteiger partial charge in [0.05, 0.1) is 25.3 Å². The Morgan fingerprint density at radius 3 is 1.89 bits per heavy atom. The number of ether oxygens (including phenoxy) is 2. The van der Waals surface area contributed by atoms with Crippen LogP contribution in [0.2, 0.25) is 0 Å². The van der Waals surface area contributed by atoms with E-state index in [1.165, 1.54) is 33.6 Å². The fourth-order valence-corrected chi connectivity index (χ4v) is 7.56. The molecule has 1 unspecified atom stereocenters. The van der Waals surface area contributed by atoms with Gasteiger partial charge in [0.15, 0.2) is 11.5 Å². The average molecular weight is 793 g/mol. The van der Waals surface area contributed by atoms with Gasteiger partial charge in [-0.2, -0.15) is 4.57 Å². The second-order valence-corrected chi connectivity index (χ2v) is 14.9. The summed E-state index contributed by atoms with van der Waals surface area (Å²) >= 11 is 3.59. The number of nitrogens with zero attached hydrogens (tertiary/aromatic N) is 3. The topological polar surface area (TPSA) is 60.1 Å². The molecule has 5 aromatic carbocycles. The molecule has 7 rings (SSSR count). The summed E-state index contributed by atoms with van der Waals surface area (Å²) in [5.41, 5.74) is 9.36. The second kappa shape index (κ2) is 18.2. The fourth-order valence-electron chi connectivity index (χ4n) is 7.14. The Hall–Kier alpha value is -5.53. The highest BCUT2D eigenvalue weighted by atomic mass is 79.9. The van der Waals surface area contributed by atoms with Crippen molar-refractivity contribution in [3.05, 3.63) is 155 Å². The highest BCUT2D eigenvalue weighted by molar-refractivity contribution is 9.10. The van der Waals surface area contributed by atoms with E-state index in [-0.39, 0.29) is 6.04 Å². The maximum atomic E-state index is 6.32. The number of rotatable bonds is 16. The predicted molar refractivity (Wildman–Crippen MR) is 229 cm³/mol. The number of pyridine rings is 1. The van der Waals surface area contributed by atoms with E-state index in [0.717, 1.165) is 65.4 Å². The molecule has 1 atom stereocenters. The van der Waals surface area contributed by atoms with Crippen molar-refractivity contribution in [2.45, 2.75) is 58.5 Å². The van der Waals surface area contributed by atoms with Gasteiger partial charge in [-0.15, -0.1) is 0 Å². The number of aromatic nitrogens is 3. The van der Waals surface area contributed by atoms with Crippen molar-refractivity contribution in [2.24, 2.45) is 0 Å². The van der Waals surface area contributed by atoms with Crippen molar-refractivity contribution in [3.63, 3.8) is 0 Å². The van der Waals surface area contributed by atoms with Crippen molar-refractivity contribution in [1.82, 2.24) is 9.97 Å². The first-order valence-electron chi connectivity index (χ1n) is 19.2. The van der Waals surface area contributed by atoms with Crippen LogP contribution in [0.5, 0.6) is 11.5 Å². The number of halogens is 1. The first-order valence-corrected chi connectivity index (χ1v) is 20.0. The van der Waals surface area contributed by atoms with E-state index >= 15 is 0 Å². The Kier molecular flexibility index (Phi) is 12.5. The molecule has 0 aliphatic rings. The summed E-state index contributed by atoms with van der Waals surface area (Å²) in [6, 6.07) is 49.3. The van der Waals surface area contributed by atoms with Crippen LogP contribution in [0, 0.1) is 6.92 Å². The molecule has 1 N–H and O–H groups in total. The largest absolute Gasteiger partial charge is 0.493 e. The van der Waals surface area contributed by atoms with Gasteiger partial charge in [-0.05, 0) is 85.8 Å². The molecule has 6 nitrogen and oxygen atoms in total. The lowest BCUT2D eigenvalue weighted by Gasteiger charge is -2.18. The van der Waals surface area contributed by atoms with Gasteiger partial charge in [0, 0.05) is 45.6 Å². The summed E-state index contributed by atoms with van der Waals surface area (Å²) in [4.78, 5) is 9.49. The number of nitrogens with one attached hydrogen (secondary N) is 1. The smallest absolute Gasteiger partial charge is 0.213 e. The Balaban J connectivity index is 0.992. The Morgan fingerprint density at radius 1 is 0.636 bits per heavy atom. The highest BCUT2D eigenvalue weighted by Gasteiger charge is 2.22. The SMILES string of the molecule is COc1cc2c(NC(C)c3cccc(Br)c3)nc(C)nc2cc1OCCCCCCC[n+]1c(-c2ccccc2)cc(-c2ccccc2)cc1-c1ccccc1. The molecule has 2 aromatic heterocycles. The van der Waals surface area contributed by atoms with Crippen molar-refractivity contribution in [3.8, 4) is 45.1 Å². The molecular formula is C48H48BrN4O2+. The average Bonchev–Trinajstić information content (AvgIpc) is 3.22. The van der Waals surface area contributed by atoms with Crippen LogP contribution in [0.15, 0.2) is 144 Å². The lowest BCUT2D eigenvalue weighted by atomic mass is 9.98. The lowest BCUT2D eigenvalue weighted by Crippen LogP contribution is -2.39. The van der Waals surface area contributed by atoms with Crippen molar-refractivity contribution in [2.75, 3.05) is 19.0 Å². The maximum Gasteiger partial charge on any atom is 0.213 e. The zero-order valence-corrected chi connectivity index (χ0v) is 33.4. The number of unbranched alkanes of at least 4 members (excludes halogenated alkanes) is 4. The minimum atomic E-state index is 0.0486. The standard InChI is InChI=1S/C48H48BrN4O2/c1-34(39-25-18-26-41(49)29-39)50-48-42-32-46(54-3)47(33-43(42)51-35(2)52-48)55-28-17-6-4-5-16-27-53-44(37-21-12-8-13-22-37)30-40(36-19-10-7-11-20-36)31-45(53)38-23-14-9-15-24-38/h7-15,18-26,29-34H,4-6,16-17,27-28H2,1-3H3,(H,50,51,52)/q+1. The van der Waals surface area contributed by atoms with E-state index in [0.29, 0.717) is 23.9 Å². The molecule has 2 heterocycles. The van der Waals surface area contributed by atoms with Gasteiger partial charge in [-0.3, -0.25) is 0 Å². The molecule has 0 spiro atoms. The number of hydrogen-bond donors (Lipinski definition) is 1. The van der Waals surface area contributed by atoms with Gasteiger partial charge in [-0.25, -0.2) is 9.97 Å². The molecule has 0 amide bonds. The quantitative estimate of drug-likeness (QED) is 0.0780. The summed E-state index contributed by atoms with van der Waals surface area (Å²) in [6.07, 6.45) is 5.42. The van der Waals surface area contributed by atoms with Gasteiger partial charge in [0.1, 0.15) is 18.2 Å². The first kappa shape index (κ1) is 37.8. The summed E-state index contributed by atoms with van der Waals surface area (Å²) < 4.78 is 15.7. The number of hydrogen-bond acceptors (Lipinski definition) is 5. The molecule has 7 heteroatoms. The van der Waals surface area contributed by atoms with E-state index in [2.05, 4.69) is 148 Å². The van der Waals surface area contributed by atoms with Crippen LogP contribution < -0.4 is 19.4 Å². The van der Waals surface area contributed by atoms with Gasteiger partial charge in [0.25, 0.3) is 0 Å². The monoisotopic (exact) mass is 791 g/mol. The molecule has 0 bridgehead atoms. The van der Waals surface area contributed by atoms with Gasteiger partial charge >= 0.3 is 0 Å². The van der Waals surface area contributed by atoms with E-state index in [1.807, 2.05) is 31.2 Å². The zero-order chi connectivity index (χ0) is 38.0. The van der Waals surface area contributed by atoms with Crippen molar-refractivity contribution >= 4 is 32.7 Å². The molecule has 0 saturated carbocycles. The lowest BCUT2D eigenvalue weighted by molar-refractivity contribution is -0.675. The number of benzene rings is 5. The molecule has 0 aliphatic heterocycles. The van der Waals surface area contributed by atoms with Crippen LogP contribution in [0.3, 0.4) is 0 Å². The molecule has 278 valence electrons. The predicted octanol–water partition coefficient (Wildman–Crippen LogP) is 12.2. The molecule has 0 saturated heterocycles. The number of anilines is 1. The number of fused-ring (bicyclic) bond motifs is 1. The van der Waals surface area contributed by atoms with Gasteiger partial charge in [-0.1, -0.05) is 108 Å². The zero-order valence-electron chi connectivity index (χ0n) is 31.8. The molecule has 0 fully saturated rings. The Bertz CT molecular complexity index is 2270. The number of methoxy groups -OCH3 is 1. The minimum Gasteiger partial charge on any atom is -0.493 e. The molecular weight excluding hydrogens is 744 g/mol. The van der Waals surface area contributed by atoms with Crippen molar-refractivity contribution < 1.29 is 14.0 Å². The summed E-state index contributed by atoms with van der Waals surface area (Å²) in [5, 5.41) is 4.49. The normalized spacial score (nSPS) is 11.7. The summed E-state index contributed by atoms with van der Waals surface area (Å²) in [7, 11) is 1.68. The van der Waals surface area contributed by atoms with E-state index < -0.39 is 0 Å². The van der Waals surface area contributed by atoms with Crippen LogP contribution >= 0.6 is 15.9 Å². The number of aryl methyl sites for hydroxylation is 1. The van der Waals surface area contributed by atoms with Crippen LogP contribution in [0.1, 0.15) is 56.5 Å². The van der Waals surface area contributed by atoms with E-state index in [9.17, 15) is 0 Å². The van der Waals surface area contributed by atoms with Crippen LogP contribution in [-0.2, 0) is 6.54 Å². The third kappa shape index (κ3) is 9.41. The summed E-state index contributed by atoms with van der Waals surface area (Å²) in [6.45, 7) is 5.60. The highest BCUT2D eigenvalue weighted by Crippen LogP contribution is 2.36. The third-order valence-corrected chi connectivity index (χ3v) is 10.5. The Labute approximate surface area is 333 Å². The van der Waals surface area contributed by atoms with Crippen molar-refractivity contribution in [1.29, 1.82) is 0 Å². The second-order valence-electron chi connectivity index (χ2n) is 13.9. The molecule has 0 aliphatic carbocycles. The molecule has 7 aromatic rings. The fraction of sp³-hybridized carbons (Fsp3) is 0.229. The third-order valence-electron chi connectivity index (χ3n) is 9.99. The van der Waals surface area contributed by atoms with Crippen LogP contribution in [-0.4, -0.2) is 23.7 Å². The first-order chi connectivity index (χ1) is 27.0. The maximum absolute atomic E-state index is 6.32. The van der Waals surface area contributed by atoms with Crippen LogP contribution in [0.25, 0.3) is 44.5 Å².